The predicted molar refractivity (Wildman–Crippen MR) is 297 cm³/mol. The van der Waals surface area contributed by atoms with Crippen LogP contribution < -0.4 is 0 Å². The molecule has 338 valence electrons. The highest BCUT2D eigenvalue weighted by Crippen LogP contribution is 2.25. The summed E-state index contributed by atoms with van der Waals surface area (Å²) in [4.78, 5) is 0. The molecule has 4 aliphatic heterocycles. The molecule has 63 heavy (non-hydrogen) atoms. The number of fused-ring (bicyclic) bond motifs is 2. The molecule has 0 nitrogen and oxygen atoms in total. The van der Waals surface area contributed by atoms with Crippen LogP contribution in [0.5, 0.6) is 0 Å². The molecule has 0 radical (unpaired) electrons. The lowest BCUT2D eigenvalue weighted by Gasteiger charge is -2.14. The molecule has 3 aromatic carbocycles. The standard InChI is InChI=1S/C57H74S6/c1-7-16-46-40-53-23-35-59-29-14-31-61-37-25-55-44-51(21-12-6)57(45-50(55)20-11-5)27-39-63-33-15-32-62-38-26-56-43-48(18-9-3)54(42-49(56)19-10-4)24-36-60-30-13-28-58-34-22-52(46)41-47(53)17-8-2/h40-45H,7-22,27-34,39H2,1-6H3. The van der Waals surface area contributed by atoms with Crippen molar-refractivity contribution < 1.29 is 0 Å². The lowest BCUT2D eigenvalue weighted by atomic mass is 9.93. The Kier molecular flexibility index (Phi) is 28.5. The summed E-state index contributed by atoms with van der Waals surface area (Å²) in [6, 6.07) is 14.6. The van der Waals surface area contributed by atoms with Crippen molar-refractivity contribution in [1.29, 1.82) is 0 Å². The van der Waals surface area contributed by atoms with Gasteiger partial charge >= 0.3 is 0 Å². The molecule has 0 N–H and O–H groups in total. The molecule has 0 spiro atoms. The van der Waals surface area contributed by atoms with E-state index in [1.54, 1.807) is 47.0 Å². The van der Waals surface area contributed by atoms with Crippen LogP contribution in [0.25, 0.3) is 0 Å². The summed E-state index contributed by atoms with van der Waals surface area (Å²) >= 11 is 11.3. The maximum atomic E-state index is 3.60. The lowest BCUT2D eigenvalue weighted by molar-refractivity contribution is 0.881. The summed E-state index contributed by atoms with van der Waals surface area (Å²) in [7, 11) is 0. The quantitative estimate of drug-likeness (QED) is 0.165. The number of rotatable bonds is 12. The van der Waals surface area contributed by atoms with Gasteiger partial charge in [0, 0.05) is 45.3 Å². The van der Waals surface area contributed by atoms with E-state index in [9.17, 15) is 0 Å². The zero-order valence-corrected chi connectivity index (χ0v) is 44.5. The second-order valence-electron chi connectivity index (χ2n) is 16.3. The second-order valence-corrected chi connectivity index (χ2v) is 22.4. The van der Waals surface area contributed by atoms with Gasteiger partial charge in [-0.05, 0) is 183 Å². The van der Waals surface area contributed by atoms with E-state index < -0.39 is 0 Å². The van der Waals surface area contributed by atoms with Crippen molar-refractivity contribution in [3.63, 3.8) is 0 Å². The van der Waals surface area contributed by atoms with Crippen molar-refractivity contribution in [3.8, 4) is 44.7 Å². The first-order valence-corrected chi connectivity index (χ1v) is 30.4. The number of hydrogen-bond donors (Lipinski definition) is 0. The first-order chi connectivity index (χ1) is 31.0. The summed E-state index contributed by atoms with van der Waals surface area (Å²) in [5.74, 6) is 23.3. The van der Waals surface area contributed by atoms with Crippen LogP contribution in [0.15, 0.2) is 36.4 Å². The van der Waals surface area contributed by atoms with Gasteiger partial charge in [0.2, 0.25) is 0 Å². The summed E-state index contributed by atoms with van der Waals surface area (Å²) < 4.78 is 0. The van der Waals surface area contributed by atoms with E-state index in [0.717, 1.165) is 119 Å². The average molecular weight is 952 g/mol. The van der Waals surface area contributed by atoms with Crippen molar-refractivity contribution in [2.45, 2.75) is 151 Å². The highest BCUT2D eigenvalue weighted by atomic mass is 32.2. The predicted octanol–water partition coefficient (Wildman–Crippen LogP) is 15.7. The number of aryl methyl sites for hydroxylation is 8. The molecule has 0 saturated heterocycles. The van der Waals surface area contributed by atoms with Crippen molar-refractivity contribution >= 4 is 70.6 Å². The Morgan fingerprint density at radius 2 is 0.603 bits per heavy atom. The first-order valence-electron chi connectivity index (χ1n) is 24.2. The molecular formula is C57H74S6. The number of thioether (sulfide) groups is 6. The third-order valence-corrected chi connectivity index (χ3v) is 16.0. The molecule has 0 atom stereocenters. The third kappa shape index (κ3) is 20.2. The molecule has 0 saturated carbocycles. The Hall–Kier alpha value is -2.00. The van der Waals surface area contributed by atoms with Crippen molar-refractivity contribution in [3.05, 3.63) is 103 Å². The van der Waals surface area contributed by atoms with Gasteiger partial charge in [-0.3, -0.25) is 0 Å². The summed E-state index contributed by atoms with van der Waals surface area (Å²) in [5, 5.41) is 13.9. The molecule has 0 fully saturated rings. The Morgan fingerprint density at radius 3 is 0.921 bits per heavy atom. The lowest BCUT2D eigenvalue weighted by Crippen LogP contribution is -2.02. The molecule has 6 heteroatoms. The Morgan fingerprint density at radius 1 is 0.333 bits per heavy atom. The number of benzene rings is 3. The SMILES string of the molecule is CCCc1cc2c(CCC)cc1C#CSCCCSCCc1cc(CCC)c(cc1CCC)C#CSCCCSC#Cc1cc(CCC)c(cc1CCC)CCSCCCSC#C2. The van der Waals surface area contributed by atoms with E-state index >= 15 is 0 Å². The van der Waals surface area contributed by atoms with E-state index in [4.69, 9.17) is 0 Å². The fourth-order valence-electron chi connectivity index (χ4n) is 7.82. The van der Waals surface area contributed by atoms with Gasteiger partial charge in [0.25, 0.3) is 0 Å². The van der Waals surface area contributed by atoms with Gasteiger partial charge in [-0.1, -0.05) is 163 Å². The minimum absolute atomic E-state index is 1.04. The normalized spacial score (nSPS) is 15.0. The molecule has 4 aliphatic rings. The van der Waals surface area contributed by atoms with Gasteiger partial charge in [-0.15, -0.1) is 0 Å². The molecular weight excluding hydrogens is 877 g/mol. The summed E-state index contributed by atoms with van der Waals surface area (Å²) in [6.07, 6.45) is 19.1. The average Bonchev–Trinajstić information content (AvgIpc) is 3.27. The summed E-state index contributed by atoms with van der Waals surface area (Å²) in [6.45, 7) is 13.7. The highest BCUT2D eigenvalue weighted by molar-refractivity contribution is 8.05. The van der Waals surface area contributed by atoms with Crippen LogP contribution in [0.3, 0.4) is 0 Å². The zero-order valence-electron chi connectivity index (χ0n) is 39.6. The van der Waals surface area contributed by atoms with Crippen molar-refractivity contribution in [2.24, 2.45) is 0 Å². The first kappa shape index (κ1) is 53.6. The van der Waals surface area contributed by atoms with Crippen molar-refractivity contribution in [2.75, 3.05) is 46.0 Å². The fraction of sp³-hybridized carbons (Fsp3) is 0.544. The van der Waals surface area contributed by atoms with Crippen LogP contribution in [0, 0.1) is 44.7 Å². The molecule has 0 aliphatic carbocycles. The Labute approximate surface area is 412 Å². The van der Waals surface area contributed by atoms with Gasteiger partial charge < -0.3 is 0 Å². The van der Waals surface area contributed by atoms with E-state index in [1.807, 2.05) is 0 Å². The topological polar surface area (TPSA) is 0 Å². The molecule has 4 heterocycles. The Bertz CT molecular complexity index is 1940. The van der Waals surface area contributed by atoms with Gasteiger partial charge in [0.05, 0.1) is 0 Å². The van der Waals surface area contributed by atoms with E-state index in [2.05, 4.69) is 146 Å². The minimum Gasteiger partial charge on any atom is -0.162 e. The largest absolute Gasteiger partial charge is 0.162 e. The van der Waals surface area contributed by atoms with E-state index in [-0.39, 0.29) is 0 Å². The van der Waals surface area contributed by atoms with Gasteiger partial charge in [0.15, 0.2) is 0 Å². The number of hydrogen-bond acceptors (Lipinski definition) is 6. The minimum atomic E-state index is 1.04. The van der Waals surface area contributed by atoms with Crippen LogP contribution in [0.2, 0.25) is 0 Å². The van der Waals surface area contributed by atoms with Crippen LogP contribution in [-0.4, -0.2) is 46.0 Å². The summed E-state index contributed by atoms with van der Waals surface area (Å²) in [5.41, 5.74) is 16.5. The van der Waals surface area contributed by atoms with Crippen LogP contribution in [-0.2, 0) is 51.4 Å². The van der Waals surface area contributed by atoms with E-state index in [1.165, 1.54) is 103 Å². The molecule has 6 bridgehead atoms. The highest BCUT2D eigenvalue weighted by Gasteiger charge is 2.12. The van der Waals surface area contributed by atoms with E-state index in [0.29, 0.717) is 0 Å². The van der Waals surface area contributed by atoms with Gasteiger partial charge in [-0.2, -0.15) is 23.5 Å². The zero-order chi connectivity index (χ0) is 44.7. The molecule has 0 aromatic heterocycles. The third-order valence-electron chi connectivity index (χ3n) is 10.9. The monoisotopic (exact) mass is 950 g/mol. The molecule has 0 amide bonds. The second kappa shape index (κ2) is 33.5. The van der Waals surface area contributed by atoms with Crippen molar-refractivity contribution in [1.82, 2.24) is 0 Å². The maximum absolute atomic E-state index is 3.60. The molecule has 7 rings (SSSR count). The maximum Gasteiger partial charge on any atom is 0.0289 e. The van der Waals surface area contributed by atoms with Crippen LogP contribution in [0.4, 0.5) is 0 Å². The fourth-order valence-corrected chi connectivity index (χ4v) is 12.5. The van der Waals surface area contributed by atoms with Crippen LogP contribution in [0.1, 0.15) is 166 Å². The Balaban J connectivity index is 1.52. The van der Waals surface area contributed by atoms with Crippen LogP contribution >= 0.6 is 70.6 Å². The molecule has 3 aromatic rings. The van der Waals surface area contributed by atoms with Gasteiger partial charge in [-0.25, -0.2) is 0 Å². The smallest absolute Gasteiger partial charge is 0.0289 e. The van der Waals surface area contributed by atoms with Gasteiger partial charge in [0.1, 0.15) is 0 Å². The molecule has 0 unspecified atom stereocenters.